The van der Waals surface area contributed by atoms with Crippen LogP contribution >= 0.6 is 0 Å². The van der Waals surface area contributed by atoms with Crippen LogP contribution in [-0.4, -0.2) is 46.1 Å². The zero-order chi connectivity index (χ0) is 16.5. The molecule has 3 aliphatic rings. The molecule has 1 aliphatic heterocycles. The number of carbonyl (C=O) groups excluding carboxylic acids is 1. The van der Waals surface area contributed by atoms with Crippen molar-refractivity contribution in [2.24, 2.45) is 11.8 Å². The van der Waals surface area contributed by atoms with E-state index in [1.54, 1.807) is 7.11 Å². The maximum Gasteiger partial charge on any atom is 0.223 e. The second-order valence-electron chi connectivity index (χ2n) is 7.44. The van der Waals surface area contributed by atoms with E-state index in [2.05, 4.69) is 27.1 Å². The fraction of sp³-hybridized carbons (Fsp3) is 0.722. The number of carbonyl (C=O) groups is 1. The lowest BCUT2D eigenvalue weighted by Crippen LogP contribution is -2.40. The van der Waals surface area contributed by atoms with E-state index in [4.69, 9.17) is 4.74 Å². The summed E-state index contributed by atoms with van der Waals surface area (Å²) in [5, 5.41) is 8.75. The Bertz CT molecular complexity index is 635. The van der Waals surface area contributed by atoms with Crippen LogP contribution in [0.4, 0.5) is 0 Å². The highest BCUT2D eigenvalue weighted by Crippen LogP contribution is 2.34. The quantitative estimate of drug-likeness (QED) is 0.750. The number of hydrogen-bond acceptors (Lipinski definition) is 4. The average molecular weight is 330 g/mol. The van der Waals surface area contributed by atoms with Crippen LogP contribution in [-0.2, 0) is 22.6 Å². The van der Waals surface area contributed by atoms with Gasteiger partial charge in [0.15, 0.2) is 0 Å². The van der Waals surface area contributed by atoms with Crippen LogP contribution in [0, 0.1) is 11.8 Å². The van der Waals surface area contributed by atoms with Gasteiger partial charge in [-0.2, -0.15) is 0 Å². The third-order valence-electron chi connectivity index (χ3n) is 5.41. The van der Waals surface area contributed by atoms with Crippen molar-refractivity contribution >= 4 is 5.91 Å². The summed E-state index contributed by atoms with van der Waals surface area (Å²) in [7, 11) is 1.72. The van der Waals surface area contributed by atoms with Crippen molar-refractivity contribution in [1.29, 1.82) is 0 Å². The number of aromatic nitrogens is 3. The van der Waals surface area contributed by atoms with Crippen LogP contribution in [0.3, 0.4) is 0 Å². The van der Waals surface area contributed by atoms with Crippen LogP contribution in [0.25, 0.3) is 0 Å². The molecule has 0 spiro atoms. The minimum atomic E-state index is 0.176. The van der Waals surface area contributed by atoms with Gasteiger partial charge in [-0.1, -0.05) is 17.4 Å². The molecule has 2 atom stereocenters. The maximum absolute atomic E-state index is 12.7. The molecule has 6 nitrogen and oxygen atoms in total. The van der Waals surface area contributed by atoms with Crippen molar-refractivity contribution in [3.63, 3.8) is 0 Å². The van der Waals surface area contributed by atoms with E-state index in [1.165, 1.54) is 18.5 Å². The molecular formula is C18H26N4O2. The van der Waals surface area contributed by atoms with Gasteiger partial charge >= 0.3 is 0 Å². The number of nitrogens with zero attached hydrogens (tertiary/aromatic N) is 4. The number of fused-ring (bicyclic) bond motifs is 1. The lowest BCUT2D eigenvalue weighted by atomic mass is 9.97. The second-order valence-corrected chi connectivity index (χ2v) is 7.44. The highest BCUT2D eigenvalue weighted by atomic mass is 16.5. The number of hydrogen-bond donors (Lipinski definition) is 0. The Morgan fingerprint density at radius 3 is 2.96 bits per heavy atom. The van der Waals surface area contributed by atoms with Gasteiger partial charge in [-0.3, -0.25) is 4.79 Å². The molecule has 1 aromatic heterocycles. The molecule has 1 saturated carbocycles. The van der Waals surface area contributed by atoms with Gasteiger partial charge in [0.1, 0.15) is 5.69 Å². The minimum absolute atomic E-state index is 0.176. The molecule has 0 aromatic carbocycles. The Balaban J connectivity index is 1.49. The summed E-state index contributed by atoms with van der Waals surface area (Å²) in [6, 6.07) is 0. The standard InChI is InChI=1S/C18H26N4O2/c1-24-12-15-10-21(17(23)8-13-4-2-3-5-13)11-16-18(15)22(20-19-16)9-14-6-7-14/h2,4,13-15H,3,5-12H2,1H3/t13-,15-/m1/s1. The van der Waals surface area contributed by atoms with Gasteiger partial charge in [-0.25, -0.2) is 4.68 Å². The molecule has 2 aliphatic carbocycles. The minimum Gasteiger partial charge on any atom is -0.384 e. The summed E-state index contributed by atoms with van der Waals surface area (Å²) in [4.78, 5) is 14.7. The number of methoxy groups -OCH3 is 1. The Morgan fingerprint density at radius 1 is 1.38 bits per heavy atom. The van der Waals surface area contributed by atoms with Gasteiger partial charge in [0, 0.05) is 32.5 Å². The third kappa shape index (κ3) is 3.24. The monoisotopic (exact) mass is 330 g/mol. The first kappa shape index (κ1) is 15.8. The highest BCUT2D eigenvalue weighted by Gasteiger charge is 2.35. The Kier molecular flexibility index (Phi) is 4.39. The normalized spacial score (nSPS) is 26.0. The Labute approximate surface area is 142 Å². The summed E-state index contributed by atoms with van der Waals surface area (Å²) in [5.41, 5.74) is 2.15. The predicted molar refractivity (Wildman–Crippen MR) is 89.3 cm³/mol. The van der Waals surface area contributed by atoms with Crippen molar-refractivity contribution in [2.45, 2.75) is 51.1 Å². The van der Waals surface area contributed by atoms with E-state index in [1.807, 2.05) is 4.90 Å². The molecule has 0 N–H and O–H groups in total. The molecular weight excluding hydrogens is 304 g/mol. The Morgan fingerprint density at radius 2 is 2.25 bits per heavy atom. The van der Waals surface area contributed by atoms with E-state index in [0.717, 1.165) is 31.0 Å². The number of amides is 1. The lowest BCUT2D eigenvalue weighted by molar-refractivity contribution is -0.133. The molecule has 0 saturated heterocycles. The molecule has 130 valence electrons. The first-order valence-corrected chi connectivity index (χ1v) is 9.10. The van der Waals surface area contributed by atoms with Crippen LogP contribution in [0.15, 0.2) is 12.2 Å². The predicted octanol–water partition coefficient (Wildman–Crippen LogP) is 2.12. The summed E-state index contributed by atoms with van der Waals surface area (Å²) >= 11 is 0. The van der Waals surface area contributed by atoms with E-state index < -0.39 is 0 Å². The maximum atomic E-state index is 12.7. The molecule has 1 amide bonds. The summed E-state index contributed by atoms with van der Waals surface area (Å²) in [6.07, 6.45) is 9.77. The average Bonchev–Trinajstić information content (AvgIpc) is 3.06. The first-order chi connectivity index (χ1) is 11.7. The molecule has 0 radical (unpaired) electrons. The van der Waals surface area contributed by atoms with E-state index >= 15 is 0 Å². The van der Waals surface area contributed by atoms with Crippen LogP contribution in [0.1, 0.15) is 49.4 Å². The molecule has 24 heavy (non-hydrogen) atoms. The molecule has 2 heterocycles. The summed E-state index contributed by atoms with van der Waals surface area (Å²) in [6.45, 7) is 2.88. The van der Waals surface area contributed by atoms with Gasteiger partial charge in [0.2, 0.25) is 5.91 Å². The van der Waals surface area contributed by atoms with Gasteiger partial charge in [0.25, 0.3) is 0 Å². The highest BCUT2D eigenvalue weighted by molar-refractivity contribution is 5.77. The van der Waals surface area contributed by atoms with Gasteiger partial charge in [-0.05, 0) is 37.5 Å². The molecule has 0 bridgehead atoms. The van der Waals surface area contributed by atoms with Crippen molar-refractivity contribution in [2.75, 3.05) is 20.3 Å². The van der Waals surface area contributed by atoms with Gasteiger partial charge < -0.3 is 9.64 Å². The van der Waals surface area contributed by atoms with Crippen molar-refractivity contribution in [3.8, 4) is 0 Å². The first-order valence-electron chi connectivity index (χ1n) is 9.10. The largest absolute Gasteiger partial charge is 0.384 e. The molecule has 4 rings (SSSR count). The fourth-order valence-corrected chi connectivity index (χ4v) is 3.93. The van der Waals surface area contributed by atoms with Gasteiger partial charge in [-0.15, -0.1) is 5.10 Å². The van der Waals surface area contributed by atoms with Crippen molar-refractivity contribution in [3.05, 3.63) is 23.5 Å². The zero-order valence-corrected chi connectivity index (χ0v) is 14.4. The van der Waals surface area contributed by atoms with E-state index in [-0.39, 0.29) is 11.8 Å². The molecule has 1 aromatic rings. The number of ether oxygens (including phenoxy) is 1. The molecule has 6 heteroatoms. The van der Waals surface area contributed by atoms with Crippen LogP contribution < -0.4 is 0 Å². The lowest BCUT2D eigenvalue weighted by Gasteiger charge is -2.32. The summed E-state index contributed by atoms with van der Waals surface area (Å²) in [5.74, 6) is 1.57. The summed E-state index contributed by atoms with van der Waals surface area (Å²) < 4.78 is 7.49. The second kappa shape index (κ2) is 6.67. The molecule has 1 fully saturated rings. The SMILES string of the molecule is COC[C@H]1CN(C(=O)C[C@@H]2C=CCC2)Cc2nnn(CC3CC3)c21. The topological polar surface area (TPSA) is 60.2 Å². The number of rotatable bonds is 6. The Hall–Kier alpha value is -1.69. The van der Waals surface area contributed by atoms with E-state index in [9.17, 15) is 4.79 Å². The van der Waals surface area contributed by atoms with Crippen LogP contribution in [0.5, 0.6) is 0 Å². The van der Waals surface area contributed by atoms with Crippen molar-refractivity contribution < 1.29 is 9.53 Å². The van der Waals surface area contributed by atoms with Crippen LogP contribution in [0.2, 0.25) is 0 Å². The fourth-order valence-electron chi connectivity index (χ4n) is 3.93. The zero-order valence-electron chi connectivity index (χ0n) is 14.4. The van der Waals surface area contributed by atoms with Crippen molar-refractivity contribution in [1.82, 2.24) is 19.9 Å². The van der Waals surface area contributed by atoms with E-state index in [0.29, 0.717) is 32.0 Å². The van der Waals surface area contributed by atoms with Gasteiger partial charge in [0.05, 0.1) is 18.8 Å². The number of allylic oxidation sites excluding steroid dienone is 2. The third-order valence-corrected chi connectivity index (χ3v) is 5.41. The molecule has 0 unspecified atom stereocenters. The smallest absolute Gasteiger partial charge is 0.223 e.